The first-order valence-corrected chi connectivity index (χ1v) is 10.3. The van der Waals surface area contributed by atoms with E-state index in [0.29, 0.717) is 0 Å². The lowest BCUT2D eigenvalue weighted by Crippen LogP contribution is -2.44. The minimum Gasteiger partial charge on any atom is -0.266 e. The van der Waals surface area contributed by atoms with Gasteiger partial charge in [0, 0.05) is 12.8 Å². The minimum atomic E-state index is 1.32. The van der Waals surface area contributed by atoms with Crippen molar-refractivity contribution in [3.8, 4) is 0 Å². The highest BCUT2D eigenvalue weighted by Gasteiger charge is 2.27. The van der Waals surface area contributed by atoms with Crippen LogP contribution in [0.5, 0.6) is 0 Å². The maximum absolute atomic E-state index is 2.73. The van der Waals surface area contributed by atoms with Gasteiger partial charge >= 0.3 is 0 Å². The Morgan fingerprint density at radius 2 is 1.45 bits per heavy atom. The zero-order valence-corrected chi connectivity index (χ0v) is 15.1. The number of hydrogen-bond donors (Lipinski definition) is 0. The smallest absolute Gasteiger partial charge is 0.246 e. The number of hydrogen-bond acceptors (Lipinski definition) is 1. The molecule has 0 atom stereocenters. The SMILES string of the molecule is CCCCCCCCCCCN1CCC[N+]2=C1CCCCC2. The predicted molar refractivity (Wildman–Crippen MR) is 96.9 cm³/mol. The Bertz CT molecular complexity index is 322. The molecule has 0 fully saturated rings. The van der Waals surface area contributed by atoms with Crippen LogP contribution in [0.25, 0.3) is 0 Å². The van der Waals surface area contributed by atoms with Gasteiger partial charge < -0.3 is 0 Å². The van der Waals surface area contributed by atoms with E-state index in [9.17, 15) is 0 Å². The van der Waals surface area contributed by atoms with Gasteiger partial charge in [0.05, 0.1) is 26.2 Å². The minimum absolute atomic E-state index is 1.32. The van der Waals surface area contributed by atoms with Crippen molar-refractivity contribution in [1.82, 2.24) is 4.90 Å². The van der Waals surface area contributed by atoms with Gasteiger partial charge in [0.2, 0.25) is 5.84 Å². The van der Waals surface area contributed by atoms with Crippen molar-refractivity contribution < 1.29 is 4.58 Å². The number of rotatable bonds is 10. The van der Waals surface area contributed by atoms with Crippen LogP contribution in [0.2, 0.25) is 0 Å². The Hall–Kier alpha value is -0.530. The first-order chi connectivity index (χ1) is 10.9. The van der Waals surface area contributed by atoms with E-state index in [1.165, 1.54) is 116 Å². The first kappa shape index (κ1) is 17.8. The summed E-state index contributed by atoms with van der Waals surface area (Å²) in [6, 6.07) is 0. The summed E-state index contributed by atoms with van der Waals surface area (Å²) in [5.41, 5.74) is 0. The fraction of sp³-hybridized carbons (Fsp3) is 0.950. The van der Waals surface area contributed by atoms with Crippen LogP contribution in [-0.4, -0.2) is 41.5 Å². The topological polar surface area (TPSA) is 6.25 Å². The van der Waals surface area contributed by atoms with E-state index < -0.39 is 0 Å². The van der Waals surface area contributed by atoms with Gasteiger partial charge in [0.15, 0.2) is 0 Å². The van der Waals surface area contributed by atoms with Crippen molar-refractivity contribution in [1.29, 1.82) is 0 Å². The summed E-state index contributed by atoms with van der Waals surface area (Å²) in [7, 11) is 0. The molecule has 0 aromatic carbocycles. The van der Waals surface area contributed by atoms with Crippen molar-refractivity contribution >= 4 is 5.84 Å². The number of nitrogens with zero attached hydrogens (tertiary/aromatic N) is 2. The van der Waals surface area contributed by atoms with E-state index in [0.717, 1.165) is 0 Å². The van der Waals surface area contributed by atoms with Crippen molar-refractivity contribution in [3.05, 3.63) is 0 Å². The Balaban J connectivity index is 1.56. The lowest BCUT2D eigenvalue weighted by atomic mass is 10.1. The molecule has 2 nitrogen and oxygen atoms in total. The molecule has 0 saturated carbocycles. The third-order valence-corrected chi connectivity index (χ3v) is 5.45. The van der Waals surface area contributed by atoms with Crippen LogP contribution in [0.1, 0.15) is 96.8 Å². The van der Waals surface area contributed by atoms with E-state index in [1.807, 2.05) is 0 Å². The molecule has 2 heteroatoms. The fourth-order valence-electron chi connectivity index (χ4n) is 4.08. The standard InChI is InChI=1S/C20H39N2/c1-2-3-4-5-6-7-8-9-12-16-21-18-14-19-22-17-13-10-11-15-20(21)22/h2-19H2,1H3/q+1. The fourth-order valence-corrected chi connectivity index (χ4v) is 4.08. The zero-order valence-electron chi connectivity index (χ0n) is 15.1. The molecular formula is C20H39N2+. The van der Waals surface area contributed by atoms with Gasteiger partial charge in [-0.3, -0.25) is 9.48 Å². The molecule has 2 heterocycles. The van der Waals surface area contributed by atoms with Gasteiger partial charge in [0.1, 0.15) is 0 Å². The van der Waals surface area contributed by atoms with Crippen molar-refractivity contribution in [2.75, 3.05) is 26.2 Å². The van der Waals surface area contributed by atoms with E-state index in [-0.39, 0.29) is 0 Å². The summed E-state index contributed by atoms with van der Waals surface area (Å²) in [5.74, 6) is 1.70. The molecule has 0 N–H and O–H groups in total. The Morgan fingerprint density at radius 3 is 2.23 bits per heavy atom. The molecule has 0 radical (unpaired) electrons. The molecule has 0 amide bonds. The van der Waals surface area contributed by atoms with Gasteiger partial charge in [-0.2, -0.15) is 0 Å². The summed E-state index contributed by atoms with van der Waals surface area (Å²) in [5, 5.41) is 0. The molecule has 2 rings (SSSR count). The van der Waals surface area contributed by atoms with E-state index >= 15 is 0 Å². The maximum Gasteiger partial charge on any atom is 0.246 e. The van der Waals surface area contributed by atoms with Crippen molar-refractivity contribution in [3.63, 3.8) is 0 Å². The summed E-state index contributed by atoms with van der Waals surface area (Å²) >= 11 is 0. The largest absolute Gasteiger partial charge is 0.266 e. The maximum atomic E-state index is 2.73. The first-order valence-electron chi connectivity index (χ1n) is 10.3. The monoisotopic (exact) mass is 307 g/mol. The Morgan fingerprint density at radius 1 is 0.773 bits per heavy atom. The zero-order chi connectivity index (χ0) is 15.5. The lowest BCUT2D eigenvalue weighted by molar-refractivity contribution is -0.539. The number of amidine groups is 1. The quantitative estimate of drug-likeness (QED) is 0.397. The second kappa shape index (κ2) is 11.1. The van der Waals surface area contributed by atoms with Crippen molar-refractivity contribution in [2.24, 2.45) is 0 Å². The van der Waals surface area contributed by atoms with Gasteiger partial charge in [-0.25, -0.2) is 0 Å². The summed E-state index contributed by atoms with van der Waals surface area (Å²) in [6.45, 7) is 7.59. The second-order valence-corrected chi connectivity index (χ2v) is 7.38. The van der Waals surface area contributed by atoms with E-state index in [1.54, 1.807) is 5.84 Å². The van der Waals surface area contributed by atoms with E-state index in [4.69, 9.17) is 0 Å². The molecule has 128 valence electrons. The molecule has 0 bridgehead atoms. The molecular weight excluding hydrogens is 268 g/mol. The Labute approximate surface area is 139 Å². The highest BCUT2D eigenvalue weighted by molar-refractivity contribution is 5.77. The van der Waals surface area contributed by atoms with Crippen LogP contribution in [0.4, 0.5) is 0 Å². The van der Waals surface area contributed by atoms with Gasteiger partial charge in [-0.05, 0) is 32.1 Å². The Kier molecular flexibility index (Phi) is 8.97. The number of unbranched alkanes of at least 4 members (excludes halogenated alkanes) is 8. The van der Waals surface area contributed by atoms with Crippen LogP contribution in [-0.2, 0) is 0 Å². The van der Waals surface area contributed by atoms with Gasteiger partial charge in [-0.1, -0.05) is 51.9 Å². The van der Waals surface area contributed by atoms with E-state index in [2.05, 4.69) is 16.4 Å². The molecule has 0 aliphatic carbocycles. The van der Waals surface area contributed by atoms with Crippen LogP contribution in [0.3, 0.4) is 0 Å². The van der Waals surface area contributed by atoms with Crippen molar-refractivity contribution in [2.45, 2.75) is 96.8 Å². The van der Waals surface area contributed by atoms with Gasteiger partial charge in [0.25, 0.3) is 0 Å². The molecule has 0 saturated heterocycles. The molecule has 0 spiro atoms. The second-order valence-electron chi connectivity index (χ2n) is 7.38. The summed E-state index contributed by atoms with van der Waals surface area (Å²) < 4.78 is 2.70. The van der Waals surface area contributed by atoms with Crippen LogP contribution < -0.4 is 0 Å². The molecule has 0 unspecified atom stereocenters. The highest BCUT2D eigenvalue weighted by Crippen LogP contribution is 2.16. The molecule has 2 aliphatic rings. The van der Waals surface area contributed by atoms with Gasteiger partial charge in [-0.15, -0.1) is 0 Å². The van der Waals surface area contributed by atoms with Crippen LogP contribution in [0.15, 0.2) is 0 Å². The third-order valence-electron chi connectivity index (χ3n) is 5.45. The molecule has 0 aromatic rings. The summed E-state index contributed by atoms with van der Waals surface area (Å²) in [6.07, 6.45) is 19.9. The average molecular weight is 308 g/mol. The highest BCUT2D eigenvalue weighted by atomic mass is 15.3. The third kappa shape index (κ3) is 6.30. The average Bonchev–Trinajstić information content (AvgIpc) is 2.79. The molecule has 2 aliphatic heterocycles. The molecule has 0 aromatic heterocycles. The summed E-state index contributed by atoms with van der Waals surface area (Å²) in [4.78, 5) is 2.73. The molecule has 22 heavy (non-hydrogen) atoms. The van der Waals surface area contributed by atoms with Crippen LogP contribution >= 0.6 is 0 Å². The predicted octanol–water partition coefficient (Wildman–Crippen LogP) is 5.21. The normalized spacial score (nSPS) is 19.2. The lowest BCUT2D eigenvalue weighted by Gasteiger charge is -2.26. The van der Waals surface area contributed by atoms with Crippen LogP contribution in [0, 0.1) is 0 Å².